The van der Waals surface area contributed by atoms with Gasteiger partial charge in [-0.15, -0.1) is 0 Å². The van der Waals surface area contributed by atoms with Gasteiger partial charge in [0.25, 0.3) is 0 Å². The summed E-state index contributed by atoms with van der Waals surface area (Å²) in [4.78, 5) is 22.8. The van der Waals surface area contributed by atoms with Gasteiger partial charge in [-0.3, -0.25) is 14.9 Å². The molecule has 2 atom stereocenters. The normalized spacial score (nSPS) is 21.1. The number of carbonyl (C=O) groups is 1. The number of carbonyl (C=O) groups excluding carboxylic acids is 1. The third-order valence-electron chi connectivity index (χ3n) is 4.21. The number of ketones is 1. The highest BCUT2D eigenvalue weighted by Gasteiger charge is 2.34. The van der Waals surface area contributed by atoms with Crippen LogP contribution < -0.4 is 0 Å². The molecule has 4 nitrogen and oxygen atoms in total. The van der Waals surface area contributed by atoms with E-state index in [1.165, 1.54) is 0 Å². The van der Waals surface area contributed by atoms with Crippen molar-refractivity contribution in [2.24, 2.45) is 11.8 Å². The lowest BCUT2D eigenvalue weighted by Crippen LogP contribution is -2.32. The van der Waals surface area contributed by atoms with Crippen LogP contribution in [0.25, 0.3) is 6.08 Å². The third kappa shape index (κ3) is 4.25. The molecule has 0 bridgehead atoms. The second kappa shape index (κ2) is 7.16. The standard InChI is InChI=1S/C17H21NO3/c1-13(11-14-7-3-2-4-8-14)16(12-18(20)21)15-9-5-6-10-17(15)19/h2-4,7-8,11,15-16H,5-6,9-10,12H2,1H3/b13-11+/t15-,16-/m0/s1. The maximum atomic E-state index is 12.1. The fourth-order valence-electron chi connectivity index (χ4n) is 3.10. The summed E-state index contributed by atoms with van der Waals surface area (Å²) in [5.41, 5.74) is 1.95. The molecule has 21 heavy (non-hydrogen) atoms. The fourth-order valence-corrected chi connectivity index (χ4v) is 3.10. The second-order valence-electron chi connectivity index (χ2n) is 5.74. The first kappa shape index (κ1) is 15.4. The lowest BCUT2D eigenvalue weighted by molar-refractivity contribution is -0.487. The van der Waals surface area contributed by atoms with Crippen molar-refractivity contribution in [3.8, 4) is 0 Å². The van der Waals surface area contributed by atoms with Crippen molar-refractivity contribution in [1.29, 1.82) is 0 Å². The molecule has 0 spiro atoms. The van der Waals surface area contributed by atoms with Gasteiger partial charge in [0.05, 0.1) is 5.92 Å². The molecule has 0 aliphatic heterocycles. The number of benzene rings is 1. The maximum Gasteiger partial charge on any atom is 0.211 e. The second-order valence-corrected chi connectivity index (χ2v) is 5.74. The molecule has 1 aliphatic rings. The minimum absolute atomic E-state index is 0.161. The summed E-state index contributed by atoms with van der Waals surface area (Å²) >= 11 is 0. The molecule has 2 rings (SSSR count). The number of hydrogen-bond donors (Lipinski definition) is 0. The Kier molecular flexibility index (Phi) is 5.26. The van der Waals surface area contributed by atoms with Crippen LogP contribution in [0.4, 0.5) is 0 Å². The van der Waals surface area contributed by atoms with Crippen molar-refractivity contribution in [1.82, 2.24) is 0 Å². The van der Waals surface area contributed by atoms with E-state index in [9.17, 15) is 14.9 Å². The van der Waals surface area contributed by atoms with Crippen LogP contribution in [0, 0.1) is 22.0 Å². The SMILES string of the molecule is C/C(=C\c1ccccc1)[C@H](C[N+](=O)[O-])[C@@H]1CCCCC1=O. The summed E-state index contributed by atoms with van der Waals surface area (Å²) in [5, 5.41) is 11.0. The van der Waals surface area contributed by atoms with Gasteiger partial charge in [-0.2, -0.15) is 0 Å². The van der Waals surface area contributed by atoms with E-state index in [2.05, 4.69) is 0 Å². The topological polar surface area (TPSA) is 60.2 Å². The van der Waals surface area contributed by atoms with Gasteiger partial charge in [0, 0.05) is 17.3 Å². The Morgan fingerprint density at radius 1 is 1.38 bits per heavy atom. The average Bonchev–Trinajstić information content (AvgIpc) is 2.46. The highest BCUT2D eigenvalue weighted by molar-refractivity contribution is 5.82. The molecular weight excluding hydrogens is 266 g/mol. The van der Waals surface area contributed by atoms with Gasteiger partial charge in [0.15, 0.2) is 0 Å². The number of Topliss-reactive ketones (excluding diaryl/α,β-unsaturated/α-hetero) is 1. The Morgan fingerprint density at radius 2 is 2.10 bits per heavy atom. The van der Waals surface area contributed by atoms with Crippen LogP contribution in [0.1, 0.15) is 38.2 Å². The van der Waals surface area contributed by atoms with E-state index in [-0.39, 0.29) is 29.1 Å². The molecule has 0 N–H and O–H groups in total. The Balaban J connectivity index is 2.24. The molecule has 1 fully saturated rings. The molecule has 1 aromatic rings. The zero-order valence-electron chi connectivity index (χ0n) is 12.3. The molecule has 1 saturated carbocycles. The molecule has 0 saturated heterocycles. The largest absolute Gasteiger partial charge is 0.299 e. The van der Waals surface area contributed by atoms with Crippen LogP contribution in [-0.2, 0) is 4.79 Å². The molecular formula is C17H21NO3. The van der Waals surface area contributed by atoms with Crippen molar-refractivity contribution in [3.63, 3.8) is 0 Å². The minimum Gasteiger partial charge on any atom is -0.299 e. The zero-order chi connectivity index (χ0) is 15.2. The molecule has 1 aromatic carbocycles. The Labute approximate surface area is 125 Å². The summed E-state index contributed by atoms with van der Waals surface area (Å²) in [6.45, 7) is 1.74. The predicted molar refractivity (Wildman–Crippen MR) is 82.4 cm³/mol. The van der Waals surface area contributed by atoms with Crippen molar-refractivity contribution < 1.29 is 9.72 Å². The Morgan fingerprint density at radius 3 is 2.71 bits per heavy atom. The quantitative estimate of drug-likeness (QED) is 0.612. The van der Waals surface area contributed by atoms with E-state index in [1.54, 1.807) is 0 Å². The first-order valence-electron chi connectivity index (χ1n) is 7.45. The van der Waals surface area contributed by atoms with Gasteiger partial charge >= 0.3 is 0 Å². The van der Waals surface area contributed by atoms with Gasteiger partial charge in [-0.1, -0.05) is 48.4 Å². The molecule has 4 heteroatoms. The van der Waals surface area contributed by atoms with Gasteiger partial charge in [-0.25, -0.2) is 0 Å². The Hall–Kier alpha value is -1.97. The van der Waals surface area contributed by atoms with Gasteiger partial charge in [-0.05, 0) is 25.3 Å². The van der Waals surface area contributed by atoms with Crippen LogP contribution in [0.15, 0.2) is 35.9 Å². The summed E-state index contributed by atoms with van der Waals surface area (Å²) in [5.74, 6) is -0.286. The maximum absolute atomic E-state index is 12.1. The van der Waals surface area contributed by atoms with Gasteiger partial charge in [0.2, 0.25) is 6.54 Å². The molecule has 0 radical (unpaired) electrons. The zero-order valence-corrected chi connectivity index (χ0v) is 12.3. The highest BCUT2D eigenvalue weighted by atomic mass is 16.6. The lowest BCUT2D eigenvalue weighted by atomic mass is 9.75. The van der Waals surface area contributed by atoms with Crippen molar-refractivity contribution in [2.45, 2.75) is 32.6 Å². The van der Waals surface area contributed by atoms with E-state index in [0.29, 0.717) is 6.42 Å². The van der Waals surface area contributed by atoms with Gasteiger partial charge < -0.3 is 0 Å². The van der Waals surface area contributed by atoms with E-state index in [4.69, 9.17) is 0 Å². The molecule has 0 unspecified atom stereocenters. The highest BCUT2D eigenvalue weighted by Crippen LogP contribution is 2.32. The van der Waals surface area contributed by atoms with E-state index < -0.39 is 0 Å². The number of nitrogens with zero attached hydrogens (tertiary/aromatic N) is 1. The first-order chi connectivity index (χ1) is 10.1. The Bertz CT molecular complexity index is 536. The van der Waals surface area contributed by atoms with Crippen LogP contribution in [-0.4, -0.2) is 17.3 Å². The van der Waals surface area contributed by atoms with Crippen molar-refractivity contribution in [3.05, 3.63) is 51.6 Å². The van der Waals surface area contributed by atoms with E-state index in [1.807, 2.05) is 43.3 Å². The number of nitro groups is 1. The molecule has 0 heterocycles. The van der Waals surface area contributed by atoms with Crippen LogP contribution >= 0.6 is 0 Å². The van der Waals surface area contributed by atoms with Crippen molar-refractivity contribution >= 4 is 11.9 Å². The molecule has 0 amide bonds. The fraction of sp³-hybridized carbons (Fsp3) is 0.471. The van der Waals surface area contributed by atoms with Crippen LogP contribution in [0.5, 0.6) is 0 Å². The van der Waals surface area contributed by atoms with Crippen LogP contribution in [0.2, 0.25) is 0 Å². The monoisotopic (exact) mass is 287 g/mol. The third-order valence-corrected chi connectivity index (χ3v) is 4.21. The molecule has 112 valence electrons. The van der Waals surface area contributed by atoms with Gasteiger partial charge in [0.1, 0.15) is 5.78 Å². The van der Waals surface area contributed by atoms with E-state index in [0.717, 1.165) is 30.4 Å². The lowest BCUT2D eigenvalue weighted by Gasteiger charge is -2.27. The number of rotatable bonds is 5. The summed E-state index contributed by atoms with van der Waals surface area (Å²) < 4.78 is 0. The molecule has 0 aromatic heterocycles. The smallest absolute Gasteiger partial charge is 0.211 e. The van der Waals surface area contributed by atoms with E-state index >= 15 is 0 Å². The molecule has 1 aliphatic carbocycles. The summed E-state index contributed by atoms with van der Waals surface area (Å²) in [7, 11) is 0. The first-order valence-corrected chi connectivity index (χ1v) is 7.45. The summed E-state index contributed by atoms with van der Waals surface area (Å²) in [6.07, 6.45) is 5.22. The minimum atomic E-state index is -0.297. The van der Waals surface area contributed by atoms with Crippen molar-refractivity contribution in [2.75, 3.05) is 6.54 Å². The predicted octanol–water partition coefficient (Wildman–Crippen LogP) is 3.74. The van der Waals surface area contributed by atoms with Crippen LogP contribution in [0.3, 0.4) is 0 Å². The summed E-state index contributed by atoms with van der Waals surface area (Å²) in [6, 6.07) is 9.75. The average molecular weight is 287 g/mol. The number of hydrogen-bond acceptors (Lipinski definition) is 3.